The second kappa shape index (κ2) is 8.41. The largest absolute Gasteiger partial charge is 0.473 e. The zero-order valence-electron chi connectivity index (χ0n) is 13.7. The zero-order valence-corrected chi connectivity index (χ0v) is 13.7. The number of nitrogens with zero attached hydrogens (tertiary/aromatic N) is 1. The van der Waals surface area contributed by atoms with Gasteiger partial charge in [0.2, 0.25) is 0 Å². The van der Waals surface area contributed by atoms with Crippen molar-refractivity contribution in [3.05, 3.63) is 29.8 Å². The number of ether oxygens (including phenoxy) is 2. The molecule has 1 aromatic carbocycles. The number of esters is 1. The third-order valence-electron chi connectivity index (χ3n) is 3.81. The fraction of sp³-hybridized carbons (Fsp3) is 0.529. The molecular weight excluding hydrogens is 296 g/mol. The van der Waals surface area contributed by atoms with E-state index in [1.165, 1.54) is 0 Å². The summed E-state index contributed by atoms with van der Waals surface area (Å²) in [5, 5.41) is 2.72. The first-order valence-corrected chi connectivity index (χ1v) is 7.99. The molecule has 0 bridgehead atoms. The summed E-state index contributed by atoms with van der Waals surface area (Å²) in [6, 6.07) is 7.40. The van der Waals surface area contributed by atoms with Crippen LogP contribution in [0.3, 0.4) is 0 Å². The van der Waals surface area contributed by atoms with E-state index in [1.54, 1.807) is 11.8 Å². The van der Waals surface area contributed by atoms with Gasteiger partial charge in [-0.05, 0) is 38.8 Å². The van der Waals surface area contributed by atoms with Gasteiger partial charge in [-0.3, -0.25) is 4.79 Å². The molecule has 2 rings (SSSR count). The predicted octanol–water partition coefficient (Wildman–Crippen LogP) is 2.32. The highest BCUT2D eigenvalue weighted by molar-refractivity contribution is 5.77. The molecule has 0 aromatic heterocycles. The summed E-state index contributed by atoms with van der Waals surface area (Å²) in [5.74, 6) is 0.257. The minimum Gasteiger partial charge on any atom is -0.473 e. The van der Waals surface area contributed by atoms with Crippen LogP contribution in [0.25, 0.3) is 0 Å². The SMILES string of the molecule is CCOC(=O)C1CCCN(C(=O)NCOc2ccc(C)cc2)C1. The summed E-state index contributed by atoms with van der Waals surface area (Å²) in [5.41, 5.74) is 1.15. The van der Waals surface area contributed by atoms with Gasteiger partial charge in [0.15, 0.2) is 6.73 Å². The fourth-order valence-electron chi connectivity index (χ4n) is 2.54. The molecule has 1 atom stereocenters. The molecule has 1 aliphatic heterocycles. The predicted molar refractivity (Wildman–Crippen MR) is 86.1 cm³/mol. The van der Waals surface area contributed by atoms with E-state index in [9.17, 15) is 9.59 Å². The van der Waals surface area contributed by atoms with Gasteiger partial charge in [0, 0.05) is 13.1 Å². The number of nitrogens with one attached hydrogen (secondary N) is 1. The number of aryl methyl sites for hydroxylation is 1. The number of likely N-dealkylation sites (tertiary alicyclic amines) is 1. The molecule has 23 heavy (non-hydrogen) atoms. The first kappa shape index (κ1) is 17.1. The first-order valence-electron chi connectivity index (χ1n) is 7.99. The van der Waals surface area contributed by atoms with Gasteiger partial charge in [-0.2, -0.15) is 0 Å². The number of carbonyl (C=O) groups is 2. The quantitative estimate of drug-likeness (QED) is 0.668. The second-order valence-corrected chi connectivity index (χ2v) is 5.62. The first-order chi connectivity index (χ1) is 11.1. The number of amides is 2. The number of benzene rings is 1. The Hall–Kier alpha value is -2.24. The van der Waals surface area contributed by atoms with E-state index in [0.29, 0.717) is 25.4 Å². The lowest BCUT2D eigenvalue weighted by Gasteiger charge is -2.31. The molecule has 0 spiro atoms. The van der Waals surface area contributed by atoms with E-state index in [4.69, 9.17) is 9.47 Å². The van der Waals surface area contributed by atoms with Crippen molar-refractivity contribution in [3.8, 4) is 5.75 Å². The molecule has 1 N–H and O–H groups in total. The smallest absolute Gasteiger partial charge is 0.320 e. The molecule has 6 nitrogen and oxygen atoms in total. The Balaban J connectivity index is 1.76. The van der Waals surface area contributed by atoms with Crippen LogP contribution in [0.15, 0.2) is 24.3 Å². The minimum absolute atomic E-state index is 0.0997. The van der Waals surface area contributed by atoms with Gasteiger partial charge in [-0.1, -0.05) is 17.7 Å². The van der Waals surface area contributed by atoms with Crippen LogP contribution >= 0.6 is 0 Å². The van der Waals surface area contributed by atoms with Crippen molar-refractivity contribution in [3.63, 3.8) is 0 Å². The van der Waals surface area contributed by atoms with Crippen molar-refractivity contribution >= 4 is 12.0 Å². The fourth-order valence-corrected chi connectivity index (χ4v) is 2.54. The van der Waals surface area contributed by atoms with Crippen LogP contribution in [0, 0.1) is 12.8 Å². The molecule has 1 aromatic rings. The van der Waals surface area contributed by atoms with Gasteiger partial charge >= 0.3 is 12.0 Å². The van der Waals surface area contributed by atoms with Crippen LogP contribution in [-0.4, -0.2) is 43.3 Å². The van der Waals surface area contributed by atoms with E-state index in [-0.39, 0.29) is 24.6 Å². The molecular formula is C17H24N2O4. The Labute approximate surface area is 136 Å². The summed E-state index contributed by atoms with van der Waals surface area (Å²) in [6.07, 6.45) is 1.57. The summed E-state index contributed by atoms with van der Waals surface area (Å²) in [4.78, 5) is 25.6. The molecule has 0 radical (unpaired) electrons. The molecule has 0 aliphatic carbocycles. The Morgan fingerprint density at radius 2 is 2.04 bits per heavy atom. The van der Waals surface area contributed by atoms with Crippen LogP contribution in [-0.2, 0) is 9.53 Å². The van der Waals surface area contributed by atoms with Crippen LogP contribution in [0.2, 0.25) is 0 Å². The summed E-state index contributed by atoms with van der Waals surface area (Å²) >= 11 is 0. The maximum Gasteiger partial charge on any atom is 0.320 e. The van der Waals surface area contributed by atoms with Crippen LogP contribution in [0.1, 0.15) is 25.3 Å². The topological polar surface area (TPSA) is 67.9 Å². The maximum atomic E-state index is 12.2. The van der Waals surface area contributed by atoms with Gasteiger partial charge in [0.25, 0.3) is 0 Å². The molecule has 1 heterocycles. The summed E-state index contributed by atoms with van der Waals surface area (Å²) in [6.45, 7) is 5.30. The average Bonchev–Trinajstić information content (AvgIpc) is 2.57. The van der Waals surface area contributed by atoms with Crippen molar-refractivity contribution < 1.29 is 19.1 Å². The van der Waals surface area contributed by atoms with E-state index in [2.05, 4.69) is 5.32 Å². The van der Waals surface area contributed by atoms with Crippen molar-refractivity contribution in [2.45, 2.75) is 26.7 Å². The van der Waals surface area contributed by atoms with Gasteiger partial charge in [0.05, 0.1) is 12.5 Å². The molecule has 1 aliphatic rings. The normalized spacial score (nSPS) is 17.5. The Morgan fingerprint density at radius 1 is 1.30 bits per heavy atom. The minimum atomic E-state index is -0.229. The van der Waals surface area contributed by atoms with E-state index < -0.39 is 0 Å². The zero-order chi connectivity index (χ0) is 16.7. The Morgan fingerprint density at radius 3 is 2.74 bits per heavy atom. The van der Waals surface area contributed by atoms with Crippen LogP contribution < -0.4 is 10.1 Å². The third kappa shape index (κ3) is 5.16. The number of hydrogen-bond donors (Lipinski definition) is 1. The van der Waals surface area contributed by atoms with Crippen molar-refractivity contribution in [2.24, 2.45) is 5.92 Å². The van der Waals surface area contributed by atoms with Crippen molar-refractivity contribution in [1.82, 2.24) is 10.2 Å². The molecule has 0 saturated carbocycles. The summed E-state index contributed by atoms with van der Waals surface area (Å²) < 4.78 is 10.5. The maximum absolute atomic E-state index is 12.2. The van der Waals surface area contributed by atoms with E-state index in [1.807, 2.05) is 31.2 Å². The second-order valence-electron chi connectivity index (χ2n) is 5.62. The lowest BCUT2D eigenvalue weighted by atomic mass is 9.98. The summed E-state index contributed by atoms with van der Waals surface area (Å²) in [7, 11) is 0. The van der Waals surface area contributed by atoms with E-state index in [0.717, 1.165) is 18.4 Å². The van der Waals surface area contributed by atoms with Crippen LogP contribution in [0.4, 0.5) is 4.79 Å². The van der Waals surface area contributed by atoms with Crippen molar-refractivity contribution in [2.75, 3.05) is 26.4 Å². The van der Waals surface area contributed by atoms with Gasteiger partial charge in [0.1, 0.15) is 5.75 Å². The molecule has 2 amide bonds. The number of rotatable bonds is 5. The van der Waals surface area contributed by atoms with E-state index >= 15 is 0 Å². The Bertz CT molecular complexity index is 530. The third-order valence-corrected chi connectivity index (χ3v) is 3.81. The average molecular weight is 320 g/mol. The standard InChI is InChI=1S/C17H24N2O4/c1-3-22-16(20)14-5-4-10-19(11-14)17(21)18-12-23-15-8-6-13(2)7-9-15/h6-9,14H,3-5,10-12H2,1-2H3,(H,18,21). The number of urea groups is 1. The number of hydrogen-bond acceptors (Lipinski definition) is 4. The van der Waals surface area contributed by atoms with Gasteiger partial charge in [-0.25, -0.2) is 4.79 Å². The van der Waals surface area contributed by atoms with Gasteiger partial charge in [-0.15, -0.1) is 0 Å². The molecule has 1 saturated heterocycles. The monoisotopic (exact) mass is 320 g/mol. The van der Waals surface area contributed by atoms with Crippen LogP contribution in [0.5, 0.6) is 5.75 Å². The highest BCUT2D eigenvalue weighted by Gasteiger charge is 2.29. The molecule has 6 heteroatoms. The lowest BCUT2D eigenvalue weighted by Crippen LogP contribution is -2.48. The Kier molecular flexibility index (Phi) is 6.26. The van der Waals surface area contributed by atoms with Gasteiger partial charge < -0.3 is 19.7 Å². The molecule has 1 fully saturated rings. The van der Waals surface area contributed by atoms with Crippen molar-refractivity contribution in [1.29, 1.82) is 0 Å². The number of carbonyl (C=O) groups excluding carboxylic acids is 2. The highest BCUT2D eigenvalue weighted by Crippen LogP contribution is 2.18. The molecule has 126 valence electrons. The molecule has 1 unspecified atom stereocenters. The number of piperidine rings is 1. The lowest BCUT2D eigenvalue weighted by molar-refractivity contribution is -0.149. The highest BCUT2D eigenvalue weighted by atomic mass is 16.5.